The molecule has 14 heteroatoms. The monoisotopic (exact) mass is 627 g/mol. The number of ketones is 2. The Morgan fingerprint density at radius 1 is 0.667 bits per heavy atom. The Kier molecular flexibility index (Phi) is 15.3. The normalized spacial score (nSPS) is 27.1. The van der Waals surface area contributed by atoms with E-state index in [9.17, 15) is 24.0 Å². The summed E-state index contributed by atoms with van der Waals surface area (Å²) in [5, 5.41) is 12.8. The zero-order chi connectivity index (χ0) is 30.3. The molecule has 0 aromatic carbocycles. The van der Waals surface area contributed by atoms with E-state index in [4.69, 9.17) is 11.6 Å². The number of thioether (sulfide) groups is 2. The van der Waals surface area contributed by atoms with Crippen LogP contribution < -0.4 is 38.3 Å². The summed E-state index contributed by atoms with van der Waals surface area (Å²) in [5.74, 6) is 7.34. The number of nitrogens with one attached hydrogen (secondary N) is 5. The average molecular weight is 628 g/mol. The Balaban J connectivity index is 0.000000247. The van der Waals surface area contributed by atoms with E-state index in [0.717, 1.165) is 75.7 Å². The van der Waals surface area contributed by atoms with Crippen molar-refractivity contribution in [3.8, 4) is 0 Å². The first-order valence-electron chi connectivity index (χ1n) is 15.4. The Morgan fingerprint density at radius 3 is 1.60 bits per heavy atom. The van der Waals surface area contributed by atoms with E-state index >= 15 is 0 Å². The number of fused-ring (bicyclic) bond motifs is 2. The molecule has 6 unspecified atom stereocenters. The second-order valence-electron chi connectivity index (χ2n) is 11.5. The smallest absolute Gasteiger partial charge is 0.315 e. The highest BCUT2D eigenvalue weighted by molar-refractivity contribution is 8.00. The highest BCUT2D eigenvalue weighted by atomic mass is 32.2. The van der Waals surface area contributed by atoms with Crippen molar-refractivity contribution < 1.29 is 24.0 Å². The first-order chi connectivity index (χ1) is 20.3. The average Bonchev–Trinajstić information content (AvgIpc) is 3.73. The summed E-state index contributed by atoms with van der Waals surface area (Å²) in [6, 6.07) is 1.03. The molecule has 5 amide bonds. The maximum Gasteiger partial charge on any atom is 0.315 e. The van der Waals surface area contributed by atoms with Gasteiger partial charge in [0.05, 0.1) is 30.7 Å². The second kappa shape index (κ2) is 18.6. The molecule has 0 aromatic rings. The van der Waals surface area contributed by atoms with Crippen molar-refractivity contribution in [2.75, 3.05) is 18.1 Å². The molecule has 6 atom stereocenters. The SMILES string of the molecule is NCC(=O)CCCCC1SCC2NC(=O)NC21.NNC(=O)CCCCCCC(=O)CCCCC1SCC2NC(=O)NC21. The number of carbonyl (C=O) groups excluding carboxylic acids is 5. The van der Waals surface area contributed by atoms with Gasteiger partial charge in [-0.1, -0.05) is 25.7 Å². The van der Waals surface area contributed by atoms with Gasteiger partial charge < -0.3 is 27.0 Å². The quantitative estimate of drug-likeness (QED) is 0.0390. The Bertz CT molecular complexity index is 927. The van der Waals surface area contributed by atoms with Crippen molar-refractivity contribution >= 4 is 53.1 Å². The van der Waals surface area contributed by atoms with E-state index in [0.29, 0.717) is 48.0 Å². The lowest BCUT2D eigenvalue weighted by atomic mass is 10.0. The van der Waals surface area contributed by atoms with Crippen molar-refractivity contribution in [2.24, 2.45) is 11.6 Å². The van der Waals surface area contributed by atoms with Crippen molar-refractivity contribution in [1.29, 1.82) is 0 Å². The summed E-state index contributed by atoms with van der Waals surface area (Å²) in [6.45, 7) is 0.156. The number of hydrogen-bond acceptors (Lipinski definition) is 9. The van der Waals surface area contributed by atoms with Crippen LogP contribution in [0.1, 0.15) is 89.9 Å². The van der Waals surface area contributed by atoms with Gasteiger partial charge in [0, 0.05) is 47.7 Å². The van der Waals surface area contributed by atoms with Gasteiger partial charge in [-0.3, -0.25) is 19.8 Å². The van der Waals surface area contributed by atoms with Crippen LogP contribution in [0.5, 0.6) is 0 Å². The molecular formula is C28H49N7O5S2. The van der Waals surface area contributed by atoms with Crippen LogP contribution in [0.3, 0.4) is 0 Å². The number of nitrogens with two attached hydrogens (primary N) is 2. The third-order valence-corrected chi connectivity index (χ3v) is 11.3. The summed E-state index contributed by atoms with van der Waals surface area (Å²) >= 11 is 3.84. The van der Waals surface area contributed by atoms with Crippen LogP contribution in [-0.2, 0) is 14.4 Å². The molecule has 238 valence electrons. The first-order valence-corrected chi connectivity index (χ1v) is 17.5. The van der Waals surface area contributed by atoms with Gasteiger partial charge in [0.25, 0.3) is 0 Å². The maximum absolute atomic E-state index is 11.9. The van der Waals surface area contributed by atoms with Crippen LogP contribution in [0, 0.1) is 0 Å². The minimum atomic E-state index is -0.129. The van der Waals surface area contributed by atoms with Crippen LogP contribution in [-0.4, -0.2) is 82.3 Å². The lowest BCUT2D eigenvalue weighted by molar-refractivity contribution is -0.121. The van der Waals surface area contributed by atoms with Gasteiger partial charge in [-0.15, -0.1) is 0 Å². The van der Waals surface area contributed by atoms with Crippen molar-refractivity contribution in [3.05, 3.63) is 0 Å². The van der Waals surface area contributed by atoms with E-state index in [1.54, 1.807) is 0 Å². The predicted octanol–water partition coefficient (Wildman–Crippen LogP) is 1.85. The van der Waals surface area contributed by atoms with E-state index in [1.807, 2.05) is 23.5 Å². The van der Waals surface area contributed by atoms with Crippen molar-refractivity contribution in [2.45, 2.75) is 125 Å². The Labute approximate surface area is 257 Å². The molecule has 4 fully saturated rings. The number of urea groups is 2. The largest absolute Gasteiger partial charge is 0.332 e. The van der Waals surface area contributed by atoms with Crippen LogP contribution in [0.15, 0.2) is 0 Å². The molecule has 4 aliphatic rings. The van der Waals surface area contributed by atoms with Crippen LogP contribution in [0.4, 0.5) is 9.59 Å². The van der Waals surface area contributed by atoms with Gasteiger partial charge in [0.15, 0.2) is 0 Å². The highest BCUT2D eigenvalue weighted by Gasteiger charge is 2.43. The molecule has 0 aliphatic carbocycles. The fourth-order valence-electron chi connectivity index (χ4n) is 5.88. The molecular weight excluding hydrogens is 578 g/mol. The molecule has 0 bridgehead atoms. The van der Waals surface area contributed by atoms with Gasteiger partial charge in [-0.2, -0.15) is 23.5 Å². The van der Waals surface area contributed by atoms with Crippen LogP contribution in [0.25, 0.3) is 0 Å². The number of carbonyl (C=O) groups is 5. The molecule has 42 heavy (non-hydrogen) atoms. The zero-order valence-corrected chi connectivity index (χ0v) is 26.1. The Hall–Kier alpha value is -2.03. The summed E-state index contributed by atoms with van der Waals surface area (Å²) in [5.41, 5.74) is 7.37. The van der Waals surface area contributed by atoms with E-state index < -0.39 is 0 Å². The topological polar surface area (TPSA) is 198 Å². The number of rotatable bonds is 18. The second-order valence-corrected chi connectivity index (χ2v) is 14.0. The third kappa shape index (κ3) is 11.6. The minimum Gasteiger partial charge on any atom is -0.332 e. The van der Waals surface area contributed by atoms with E-state index in [2.05, 4.69) is 26.7 Å². The molecule has 0 saturated carbocycles. The Morgan fingerprint density at radius 2 is 1.12 bits per heavy atom. The standard InChI is InChI=1S/C17H30N4O3S.C11H19N3O2S/c18-21-15(23)10-4-2-1-3-7-12(22)8-5-6-9-14-16-13(11-25-14)19-17(24)20-16;12-5-7(15)3-1-2-4-9-10-8(6-17-9)13-11(16)14-10/h13-14,16H,1-11,18H2,(H,21,23)(H2,19,20,24);8-10H,1-6,12H2,(H2,13,14,16). The lowest BCUT2D eigenvalue weighted by Gasteiger charge is -2.16. The molecule has 0 aromatic heterocycles. The minimum absolute atomic E-state index is 0.0383. The summed E-state index contributed by atoms with van der Waals surface area (Å²) in [7, 11) is 0. The predicted molar refractivity (Wildman–Crippen MR) is 167 cm³/mol. The van der Waals surface area contributed by atoms with Gasteiger partial charge in [0.2, 0.25) is 5.91 Å². The van der Waals surface area contributed by atoms with Gasteiger partial charge in [0.1, 0.15) is 11.6 Å². The van der Waals surface area contributed by atoms with Crippen LogP contribution in [0.2, 0.25) is 0 Å². The highest BCUT2D eigenvalue weighted by Crippen LogP contribution is 2.34. The molecule has 4 heterocycles. The van der Waals surface area contributed by atoms with Gasteiger partial charge >= 0.3 is 12.1 Å². The van der Waals surface area contributed by atoms with E-state index in [-0.39, 0.29) is 48.4 Å². The summed E-state index contributed by atoms with van der Waals surface area (Å²) in [6.07, 6.45) is 12.1. The fourth-order valence-corrected chi connectivity index (χ4v) is 8.97. The summed E-state index contributed by atoms with van der Waals surface area (Å²) < 4.78 is 0. The molecule has 4 rings (SSSR count). The number of amides is 5. The number of unbranched alkanes of at least 4 members (excludes halogenated alkanes) is 5. The maximum atomic E-state index is 11.9. The van der Waals surface area contributed by atoms with Gasteiger partial charge in [-0.25, -0.2) is 15.4 Å². The molecule has 12 nitrogen and oxygen atoms in total. The summed E-state index contributed by atoms with van der Waals surface area (Å²) in [4.78, 5) is 56.4. The van der Waals surface area contributed by atoms with Gasteiger partial charge in [-0.05, 0) is 38.5 Å². The number of hydrogen-bond donors (Lipinski definition) is 7. The zero-order valence-electron chi connectivity index (χ0n) is 24.5. The number of hydrazine groups is 1. The fraction of sp³-hybridized carbons (Fsp3) is 0.821. The molecule has 9 N–H and O–H groups in total. The van der Waals surface area contributed by atoms with E-state index in [1.165, 1.54) is 0 Å². The molecule has 0 spiro atoms. The third-order valence-electron chi connectivity index (χ3n) is 8.26. The van der Waals surface area contributed by atoms with Crippen molar-refractivity contribution in [3.63, 3.8) is 0 Å². The first kappa shape index (κ1) is 34.5. The lowest BCUT2D eigenvalue weighted by Crippen LogP contribution is -2.36. The number of Topliss-reactive ketones (excluding diaryl/α,β-unsaturated/α-hetero) is 2. The molecule has 4 aliphatic heterocycles. The van der Waals surface area contributed by atoms with Crippen molar-refractivity contribution in [1.82, 2.24) is 26.7 Å². The molecule has 4 saturated heterocycles. The van der Waals surface area contributed by atoms with Crippen LogP contribution >= 0.6 is 23.5 Å². The molecule has 0 radical (unpaired) electrons.